The molecular weight excluding hydrogens is 600 g/mol. The van der Waals surface area contributed by atoms with Gasteiger partial charge < -0.3 is 18.9 Å². The minimum absolute atomic E-state index is 0.0115. The van der Waals surface area contributed by atoms with E-state index in [2.05, 4.69) is 4.99 Å². The Bertz CT molecular complexity index is 1890. The van der Waals surface area contributed by atoms with Gasteiger partial charge in [-0.25, -0.2) is 9.79 Å². The number of carbonyl (C=O) groups is 1. The maximum atomic E-state index is 14.0. The first-order valence-corrected chi connectivity index (χ1v) is 15.4. The third-order valence-electron chi connectivity index (χ3n) is 6.91. The molecule has 0 bridgehead atoms. The van der Waals surface area contributed by atoms with Crippen LogP contribution in [-0.4, -0.2) is 30.4 Å². The van der Waals surface area contributed by atoms with Gasteiger partial charge in [0.1, 0.15) is 12.4 Å². The number of ether oxygens (including phenoxy) is 4. The number of halogens is 1. The molecule has 2 heterocycles. The molecule has 0 saturated heterocycles. The highest BCUT2D eigenvalue weighted by molar-refractivity contribution is 7.07. The van der Waals surface area contributed by atoms with Crippen LogP contribution in [0.4, 0.5) is 0 Å². The van der Waals surface area contributed by atoms with Gasteiger partial charge in [0.25, 0.3) is 5.56 Å². The molecule has 0 radical (unpaired) electrons. The number of esters is 1. The molecular formula is C34H33ClN2O6S. The van der Waals surface area contributed by atoms with Crippen molar-refractivity contribution < 1.29 is 23.7 Å². The van der Waals surface area contributed by atoms with E-state index >= 15 is 0 Å². The predicted octanol–water partition coefficient (Wildman–Crippen LogP) is 5.83. The van der Waals surface area contributed by atoms with Crippen molar-refractivity contribution in [3.05, 3.63) is 119 Å². The molecule has 8 nitrogen and oxygen atoms in total. The van der Waals surface area contributed by atoms with Crippen LogP contribution in [0.1, 0.15) is 50.4 Å². The molecule has 228 valence electrons. The van der Waals surface area contributed by atoms with Gasteiger partial charge >= 0.3 is 5.97 Å². The fourth-order valence-electron chi connectivity index (χ4n) is 4.92. The first-order valence-electron chi connectivity index (χ1n) is 14.2. The van der Waals surface area contributed by atoms with E-state index in [1.165, 1.54) is 11.3 Å². The Morgan fingerprint density at radius 2 is 1.84 bits per heavy atom. The molecule has 1 atom stereocenters. The van der Waals surface area contributed by atoms with E-state index in [4.69, 9.17) is 30.5 Å². The second-order valence-corrected chi connectivity index (χ2v) is 11.7. The summed E-state index contributed by atoms with van der Waals surface area (Å²) in [4.78, 5) is 32.3. The Morgan fingerprint density at radius 1 is 1.09 bits per heavy atom. The van der Waals surface area contributed by atoms with Gasteiger partial charge in [-0.2, -0.15) is 0 Å². The van der Waals surface area contributed by atoms with Crippen LogP contribution in [0, 0.1) is 0 Å². The van der Waals surface area contributed by atoms with Crippen molar-refractivity contribution >= 4 is 35.0 Å². The SMILES string of the molecule is CCOC(=O)C1=C(C)N=c2s/c(=C\c3ccc(OCc4ccccc4Cl)c(OC)c3)c(=O)n2[C@H]1c1ccc(OC(C)C)cc1. The Morgan fingerprint density at radius 3 is 2.52 bits per heavy atom. The summed E-state index contributed by atoms with van der Waals surface area (Å²) in [5.41, 5.74) is 2.90. The first-order chi connectivity index (χ1) is 21.2. The van der Waals surface area contributed by atoms with E-state index in [-0.39, 0.29) is 24.9 Å². The van der Waals surface area contributed by atoms with Crippen LogP contribution in [-0.2, 0) is 16.1 Å². The highest BCUT2D eigenvalue weighted by Crippen LogP contribution is 2.32. The smallest absolute Gasteiger partial charge is 0.338 e. The van der Waals surface area contributed by atoms with Gasteiger partial charge in [0.05, 0.1) is 41.7 Å². The lowest BCUT2D eigenvalue weighted by atomic mass is 9.96. The molecule has 0 fully saturated rings. The van der Waals surface area contributed by atoms with E-state index < -0.39 is 12.0 Å². The lowest BCUT2D eigenvalue weighted by molar-refractivity contribution is -0.139. The zero-order valence-corrected chi connectivity index (χ0v) is 26.7. The fourth-order valence-corrected chi connectivity index (χ4v) is 6.16. The average Bonchev–Trinajstić information content (AvgIpc) is 3.30. The number of hydrogen-bond donors (Lipinski definition) is 0. The number of allylic oxidation sites excluding steroid dienone is 1. The molecule has 5 rings (SSSR count). The van der Waals surface area contributed by atoms with E-state index in [9.17, 15) is 9.59 Å². The number of benzene rings is 3. The number of carbonyl (C=O) groups excluding carboxylic acids is 1. The molecule has 1 aliphatic heterocycles. The molecule has 3 aromatic carbocycles. The van der Waals surface area contributed by atoms with Gasteiger partial charge in [0.2, 0.25) is 0 Å². The fraction of sp³-hybridized carbons (Fsp3) is 0.265. The van der Waals surface area contributed by atoms with Crippen LogP contribution in [0.3, 0.4) is 0 Å². The van der Waals surface area contributed by atoms with Crippen molar-refractivity contribution in [1.82, 2.24) is 4.57 Å². The molecule has 0 unspecified atom stereocenters. The molecule has 0 N–H and O–H groups in total. The second-order valence-electron chi connectivity index (χ2n) is 10.3. The highest BCUT2D eigenvalue weighted by Gasteiger charge is 2.33. The number of methoxy groups -OCH3 is 1. The molecule has 4 aromatic rings. The summed E-state index contributed by atoms with van der Waals surface area (Å²) in [6, 6.07) is 19.6. The largest absolute Gasteiger partial charge is 0.493 e. The summed E-state index contributed by atoms with van der Waals surface area (Å²) >= 11 is 7.53. The van der Waals surface area contributed by atoms with E-state index in [1.54, 1.807) is 43.7 Å². The van der Waals surface area contributed by atoms with Crippen molar-refractivity contribution in [2.24, 2.45) is 4.99 Å². The molecule has 1 aromatic heterocycles. The average molecular weight is 633 g/mol. The van der Waals surface area contributed by atoms with Crippen molar-refractivity contribution in [1.29, 1.82) is 0 Å². The van der Waals surface area contributed by atoms with Crippen LogP contribution in [0.2, 0.25) is 5.02 Å². The van der Waals surface area contributed by atoms with Gasteiger partial charge in [0, 0.05) is 10.6 Å². The van der Waals surface area contributed by atoms with E-state index in [0.29, 0.717) is 42.9 Å². The predicted molar refractivity (Wildman–Crippen MR) is 171 cm³/mol. The molecule has 0 aliphatic carbocycles. The van der Waals surface area contributed by atoms with Gasteiger partial charge in [-0.1, -0.05) is 59.3 Å². The molecule has 0 saturated carbocycles. The van der Waals surface area contributed by atoms with Crippen LogP contribution in [0.15, 0.2) is 87.8 Å². The summed E-state index contributed by atoms with van der Waals surface area (Å²) in [6.45, 7) is 7.89. The number of nitrogens with zero attached hydrogens (tertiary/aromatic N) is 2. The summed E-state index contributed by atoms with van der Waals surface area (Å²) in [7, 11) is 1.56. The van der Waals surface area contributed by atoms with Crippen molar-refractivity contribution in [2.45, 2.75) is 46.4 Å². The highest BCUT2D eigenvalue weighted by atomic mass is 35.5. The number of rotatable bonds is 10. The zero-order chi connectivity index (χ0) is 31.4. The van der Waals surface area contributed by atoms with Crippen LogP contribution in [0.5, 0.6) is 17.2 Å². The number of thiazole rings is 1. The van der Waals surface area contributed by atoms with Gasteiger partial charge in [-0.05, 0) is 75.2 Å². The lowest BCUT2D eigenvalue weighted by Crippen LogP contribution is -2.39. The van der Waals surface area contributed by atoms with Gasteiger partial charge in [-0.15, -0.1) is 0 Å². The van der Waals surface area contributed by atoms with Crippen LogP contribution < -0.4 is 29.1 Å². The minimum Gasteiger partial charge on any atom is -0.493 e. The molecule has 0 spiro atoms. The van der Waals surface area contributed by atoms with Crippen molar-refractivity contribution in [3.8, 4) is 17.2 Å². The normalized spacial score (nSPS) is 14.7. The van der Waals surface area contributed by atoms with E-state index in [0.717, 1.165) is 16.7 Å². The number of aromatic nitrogens is 1. The van der Waals surface area contributed by atoms with Gasteiger partial charge in [0.15, 0.2) is 16.3 Å². The summed E-state index contributed by atoms with van der Waals surface area (Å²) in [5, 5.41) is 0.623. The Kier molecular flexibility index (Phi) is 9.56. The molecule has 44 heavy (non-hydrogen) atoms. The minimum atomic E-state index is -0.712. The molecule has 10 heteroatoms. The Hall–Kier alpha value is -4.34. The Balaban J connectivity index is 1.54. The Labute approximate surface area is 264 Å². The van der Waals surface area contributed by atoms with Gasteiger partial charge in [-0.3, -0.25) is 9.36 Å². The van der Waals surface area contributed by atoms with Crippen LogP contribution >= 0.6 is 22.9 Å². The topological polar surface area (TPSA) is 88.4 Å². The van der Waals surface area contributed by atoms with Crippen LogP contribution in [0.25, 0.3) is 6.08 Å². The standard InChI is InChI=1S/C34H33ClN2O6S/c1-6-41-33(39)30-21(4)36-34-37(31(30)23-12-14-25(15-13-23)43-20(2)3)32(38)29(44-34)18-22-11-16-27(28(17-22)40-5)42-19-24-9-7-8-10-26(24)35/h7-18,20,31H,6,19H2,1-5H3/b29-18-/t31-/m0/s1. The van der Waals surface area contributed by atoms with E-state index in [1.807, 2.05) is 68.4 Å². The third kappa shape index (κ3) is 6.59. The molecule has 0 amide bonds. The second kappa shape index (κ2) is 13.5. The zero-order valence-electron chi connectivity index (χ0n) is 25.1. The lowest BCUT2D eigenvalue weighted by Gasteiger charge is -2.25. The maximum absolute atomic E-state index is 14.0. The summed E-state index contributed by atoms with van der Waals surface area (Å²) in [6.07, 6.45) is 1.79. The summed E-state index contributed by atoms with van der Waals surface area (Å²) in [5.74, 6) is 1.25. The maximum Gasteiger partial charge on any atom is 0.338 e. The van der Waals surface area contributed by atoms with Crippen molar-refractivity contribution in [2.75, 3.05) is 13.7 Å². The van der Waals surface area contributed by atoms with Crippen molar-refractivity contribution in [3.63, 3.8) is 0 Å². The number of hydrogen-bond acceptors (Lipinski definition) is 8. The monoisotopic (exact) mass is 632 g/mol. The first kappa shape index (κ1) is 31.1. The third-order valence-corrected chi connectivity index (χ3v) is 8.26. The molecule has 1 aliphatic rings. The summed E-state index contributed by atoms with van der Waals surface area (Å²) < 4.78 is 24.8. The number of fused-ring (bicyclic) bond motifs is 1. The quantitative estimate of drug-likeness (QED) is 0.205.